The Labute approximate surface area is 171 Å². The van der Waals surface area contributed by atoms with Crippen LogP contribution in [0.25, 0.3) is 5.57 Å². The molecule has 0 unspecified atom stereocenters. The second-order valence-corrected chi connectivity index (χ2v) is 8.98. The van der Waals surface area contributed by atoms with Gasteiger partial charge in [-0.05, 0) is 62.9 Å². The number of aromatic nitrogens is 2. The lowest BCUT2D eigenvalue weighted by atomic mass is 9.92. The van der Waals surface area contributed by atoms with Gasteiger partial charge in [-0.15, -0.1) is 0 Å². The van der Waals surface area contributed by atoms with Gasteiger partial charge in [0.2, 0.25) is 5.88 Å². The maximum atomic E-state index is 13.2. The molecular formula is C20H25ClN2O4S. The first kappa shape index (κ1) is 22.2. The van der Waals surface area contributed by atoms with Crippen molar-refractivity contribution in [3.63, 3.8) is 0 Å². The molecule has 0 aliphatic rings. The Kier molecular flexibility index (Phi) is 6.72. The van der Waals surface area contributed by atoms with Crippen LogP contribution in [-0.2, 0) is 17.2 Å². The zero-order chi connectivity index (χ0) is 21.2. The number of allylic oxidation sites excluding steroid dienone is 2. The van der Waals surface area contributed by atoms with E-state index in [1.807, 2.05) is 27.7 Å². The third-order valence-electron chi connectivity index (χ3n) is 4.57. The molecule has 0 spiro atoms. The van der Waals surface area contributed by atoms with Crippen molar-refractivity contribution in [3.8, 4) is 5.88 Å². The molecule has 152 valence electrons. The van der Waals surface area contributed by atoms with Gasteiger partial charge < -0.3 is 4.18 Å². The van der Waals surface area contributed by atoms with Gasteiger partial charge in [0.25, 0.3) is 0 Å². The van der Waals surface area contributed by atoms with Gasteiger partial charge in [0.15, 0.2) is 5.78 Å². The minimum absolute atomic E-state index is 0.0895. The van der Waals surface area contributed by atoms with Crippen molar-refractivity contribution in [3.05, 3.63) is 51.2 Å². The molecule has 0 N–H and O–H groups in total. The molecule has 6 nitrogen and oxygen atoms in total. The summed E-state index contributed by atoms with van der Waals surface area (Å²) in [4.78, 5) is 13.2. The Morgan fingerprint density at radius 1 is 1.21 bits per heavy atom. The lowest BCUT2D eigenvalue weighted by molar-refractivity contribution is 0.103. The van der Waals surface area contributed by atoms with E-state index in [1.165, 1.54) is 17.9 Å². The van der Waals surface area contributed by atoms with Gasteiger partial charge in [0.1, 0.15) is 5.56 Å². The second kappa shape index (κ2) is 8.49. The molecule has 1 aromatic carbocycles. The molecule has 28 heavy (non-hydrogen) atoms. The number of nitrogens with zero attached hydrogens (tertiary/aromatic N) is 2. The number of ketones is 1. The number of aryl methyl sites for hydroxylation is 1. The smallest absolute Gasteiger partial charge is 0.310 e. The molecule has 0 radical (unpaired) electrons. The number of benzene rings is 1. The summed E-state index contributed by atoms with van der Waals surface area (Å²) >= 11 is 6.38. The van der Waals surface area contributed by atoms with Gasteiger partial charge in [0.05, 0.1) is 11.9 Å². The van der Waals surface area contributed by atoms with E-state index in [-0.39, 0.29) is 23.0 Å². The average Bonchev–Trinajstić information content (AvgIpc) is 2.94. The molecule has 0 saturated heterocycles. The molecule has 1 heterocycles. The first-order chi connectivity index (χ1) is 13.0. The van der Waals surface area contributed by atoms with Crippen LogP contribution in [0, 0.1) is 6.92 Å². The van der Waals surface area contributed by atoms with Crippen LogP contribution in [0.5, 0.6) is 5.88 Å². The van der Waals surface area contributed by atoms with Crippen LogP contribution in [0.1, 0.15) is 61.2 Å². The third-order valence-corrected chi connectivity index (χ3v) is 6.21. The van der Waals surface area contributed by atoms with Crippen LogP contribution in [0.2, 0.25) is 5.02 Å². The zero-order valence-electron chi connectivity index (χ0n) is 17.0. The fourth-order valence-corrected chi connectivity index (χ4v) is 4.24. The summed E-state index contributed by atoms with van der Waals surface area (Å²) in [6.07, 6.45) is 1.73. The molecule has 0 amide bonds. The number of carbonyl (C=O) groups excluding carboxylic acids is 1. The largest absolute Gasteiger partial charge is 0.361 e. The van der Waals surface area contributed by atoms with E-state index in [4.69, 9.17) is 15.8 Å². The lowest BCUT2D eigenvalue weighted by Crippen LogP contribution is -2.17. The fraction of sp³-hybridized carbons (Fsp3) is 0.400. The second-order valence-electron chi connectivity index (χ2n) is 6.88. The van der Waals surface area contributed by atoms with E-state index >= 15 is 0 Å². The van der Waals surface area contributed by atoms with Crippen LogP contribution in [0.15, 0.2) is 23.9 Å². The highest BCUT2D eigenvalue weighted by Gasteiger charge is 2.26. The fourth-order valence-electron chi connectivity index (χ4n) is 2.87. The maximum absolute atomic E-state index is 13.2. The molecule has 0 bridgehead atoms. The summed E-state index contributed by atoms with van der Waals surface area (Å²) in [6.45, 7) is 9.47. The minimum Gasteiger partial charge on any atom is -0.361 e. The molecule has 2 rings (SSSR count). The molecule has 8 heteroatoms. The van der Waals surface area contributed by atoms with Crippen molar-refractivity contribution < 1.29 is 17.4 Å². The number of halogens is 1. The van der Waals surface area contributed by atoms with Gasteiger partial charge in [-0.1, -0.05) is 24.1 Å². The highest BCUT2D eigenvalue weighted by molar-refractivity contribution is 7.87. The Balaban J connectivity index is 2.58. The van der Waals surface area contributed by atoms with Gasteiger partial charge in [-0.2, -0.15) is 13.5 Å². The van der Waals surface area contributed by atoms with E-state index in [1.54, 1.807) is 19.1 Å². The van der Waals surface area contributed by atoms with E-state index in [2.05, 4.69) is 5.10 Å². The van der Waals surface area contributed by atoms with Gasteiger partial charge in [-0.25, -0.2) is 4.68 Å². The van der Waals surface area contributed by atoms with Gasteiger partial charge in [0, 0.05) is 17.6 Å². The minimum atomic E-state index is -3.81. The molecule has 0 saturated carbocycles. The van der Waals surface area contributed by atoms with Crippen molar-refractivity contribution in [1.29, 1.82) is 0 Å². The summed E-state index contributed by atoms with van der Waals surface area (Å²) < 4.78 is 30.6. The molecular weight excluding hydrogens is 400 g/mol. The van der Waals surface area contributed by atoms with Crippen molar-refractivity contribution >= 4 is 33.1 Å². The number of hydrogen-bond acceptors (Lipinski definition) is 5. The molecule has 2 aromatic rings. The predicted octanol–water partition coefficient (Wildman–Crippen LogP) is 4.54. The standard InChI is InChI=1S/C20H25ClN2O4S/c1-7-10-28(25,26)27-20-16(11-22-23(20)6)19(24)15-8-9-17(21)18(14(15)5)13(4)12(2)3/h8-9,11H,7,10H2,1-6H3. The summed E-state index contributed by atoms with van der Waals surface area (Å²) in [5, 5.41) is 4.57. The number of hydrogen-bond donors (Lipinski definition) is 0. The quantitative estimate of drug-likeness (QED) is 0.481. The van der Waals surface area contributed by atoms with E-state index in [0.29, 0.717) is 17.0 Å². The highest BCUT2D eigenvalue weighted by Crippen LogP contribution is 2.33. The van der Waals surface area contributed by atoms with Gasteiger partial charge >= 0.3 is 10.1 Å². The van der Waals surface area contributed by atoms with Gasteiger partial charge in [-0.3, -0.25) is 4.79 Å². The molecule has 0 aliphatic carbocycles. The Bertz CT molecular complexity index is 1050. The van der Waals surface area contributed by atoms with Crippen molar-refractivity contribution in [2.75, 3.05) is 5.75 Å². The monoisotopic (exact) mass is 424 g/mol. The van der Waals surface area contributed by atoms with E-state index < -0.39 is 10.1 Å². The first-order valence-corrected chi connectivity index (χ1v) is 10.9. The Morgan fingerprint density at radius 2 is 1.86 bits per heavy atom. The Morgan fingerprint density at radius 3 is 2.43 bits per heavy atom. The topological polar surface area (TPSA) is 78.3 Å². The number of rotatable bonds is 7. The third kappa shape index (κ3) is 4.47. The average molecular weight is 425 g/mol. The summed E-state index contributed by atoms with van der Waals surface area (Å²) in [6, 6.07) is 3.31. The zero-order valence-corrected chi connectivity index (χ0v) is 18.5. The van der Waals surface area contributed by atoms with Crippen LogP contribution in [-0.4, -0.2) is 29.7 Å². The summed E-state index contributed by atoms with van der Waals surface area (Å²) in [5.41, 5.74) is 4.12. The maximum Gasteiger partial charge on any atom is 0.310 e. The van der Waals surface area contributed by atoms with Crippen molar-refractivity contribution in [2.45, 2.75) is 41.0 Å². The van der Waals surface area contributed by atoms with Crippen LogP contribution < -0.4 is 4.18 Å². The van der Waals surface area contributed by atoms with Crippen LogP contribution in [0.4, 0.5) is 0 Å². The highest BCUT2D eigenvalue weighted by atomic mass is 35.5. The van der Waals surface area contributed by atoms with Crippen LogP contribution in [0.3, 0.4) is 0 Å². The molecule has 0 aliphatic heterocycles. The summed E-state index contributed by atoms with van der Waals surface area (Å²) in [7, 11) is -2.28. The van der Waals surface area contributed by atoms with E-state index in [0.717, 1.165) is 22.3 Å². The predicted molar refractivity (Wildman–Crippen MR) is 111 cm³/mol. The Hall–Kier alpha value is -2.12. The first-order valence-electron chi connectivity index (χ1n) is 8.92. The van der Waals surface area contributed by atoms with Crippen molar-refractivity contribution in [2.24, 2.45) is 7.05 Å². The number of carbonyl (C=O) groups is 1. The normalized spacial score (nSPS) is 11.4. The molecule has 0 fully saturated rings. The van der Waals surface area contributed by atoms with Crippen molar-refractivity contribution in [1.82, 2.24) is 9.78 Å². The van der Waals surface area contributed by atoms with Crippen LogP contribution >= 0.6 is 11.6 Å². The SMILES string of the molecule is CCCS(=O)(=O)Oc1c(C(=O)c2ccc(Cl)c(C(C)=C(C)C)c2C)cnn1C. The van der Waals surface area contributed by atoms with E-state index in [9.17, 15) is 13.2 Å². The summed E-state index contributed by atoms with van der Waals surface area (Å²) in [5.74, 6) is -0.601. The lowest BCUT2D eigenvalue weighted by Gasteiger charge is -2.15. The molecule has 1 aromatic heterocycles. The molecule has 0 atom stereocenters.